The number of carbonyl (C=O) groups is 2. The highest BCUT2D eigenvalue weighted by Gasteiger charge is 2.40. The van der Waals surface area contributed by atoms with E-state index in [-0.39, 0.29) is 11.8 Å². The largest absolute Gasteiger partial charge is 0.365 e. The second-order valence-corrected chi connectivity index (χ2v) is 7.05. The topological polar surface area (TPSA) is 40.6 Å². The van der Waals surface area contributed by atoms with Crippen molar-refractivity contribution in [3.8, 4) is 0 Å². The summed E-state index contributed by atoms with van der Waals surface area (Å²) in [6, 6.07) is 17.8. The molecule has 0 bridgehead atoms. The molecule has 0 unspecified atom stereocenters. The molecule has 1 heterocycles. The van der Waals surface area contributed by atoms with Gasteiger partial charge in [0.05, 0.1) is 5.57 Å². The fourth-order valence-corrected chi connectivity index (χ4v) is 3.35. The molecule has 3 rings (SSSR count). The minimum Gasteiger partial charge on any atom is -0.365 e. The van der Waals surface area contributed by atoms with Gasteiger partial charge in [-0.15, -0.1) is 0 Å². The first kappa shape index (κ1) is 18.9. The Balaban J connectivity index is 2.00. The van der Waals surface area contributed by atoms with Crippen LogP contribution in [0, 0.1) is 6.92 Å². The van der Waals surface area contributed by atoms with Gasteiger partial charge in [-0.1, -0.05) is 73.5 Å². The lowest BCUT2D eigenvalue weighted by atomic mass is 10.0. The van der Waals surface area contributed by atoms with Gasteiger partial charge in [0, 0.05) is 20.1 Å². The van der Waals surface area contributed by atoms with Crippen LogP contribution < -0.4 is 0 Å². The number of imide groups is 1. The van der Waals surface area contributed by atoms with E-state index >= 15 is 0 Å². The minimum absolute atomic E-state index is 0.188. The molecule has 1 aliphatic rings. The summed E-state index contributed by atoms with van der Waals surface area (Å²) in [6.45, 7) is 5.11. The lowest BCUT2D eigenvalue weighted by molar-refractivity contribution is -0.137. The maximum absolute atomic E-state index is 13.1. The Hall–Kier alpha value is -2.88. The zero-order valence-electron chi connectivity index (χ0n) is 16.2. The molecule has 0 aromatic heterocycles. The monoisotopic (exact) mass is 362 g/mol. The van der Waals surface area contributed by atoms with Crippen LogP contribution in [0.1, 0.15) is 36.5 Å². The highest BCUT2D eigenvalue weighted by Crippen LogP contribution is 2.32. The molecule has 2 aromatic rings. The summed E-state index contributed by atoms with van der Waals surface area (Å²) in [5, 5.41) is 0. The smallest absolute Gasteiger partial charge is 0.277 e. The third kappa shape index (κ3) is 3.95. The van der Waals surface area contributed by atoms with Crippen molar-refractivity contribution in [1.29, 1.82) is 0 Å². The number of likely N-dealkylation sites (N-methyl/N-ethyl adjacent to an activating group) is 1. The number of amides is 2. The Morgan fingerprint density at radius 1 is 0.926 bits per heavy atom. The molecule has 0 radical (unpaired) electrons. The number of unbranched alkanes of at least 4 members (excludes halogenated alkanes) is 1. The van der Waals surface area contributed by atoms with Crippen LogP contribution in [0.15, 0.2) is 60.3 Å². The van der Waals surface area contributed by atoms with Gasteiger partial charge in [-0.2, -0.15) is 0 Å². The van der Waals surface area contributed by atoms with Crippen molar-refractivity contribution in [1.82, 2.24) is 9.80 Å². The Bertz CT molecular complexity index is 854. The Morgan fingerprint density at radius 2 is 1.59 bits per heavy atom. The SMILES string of the molecule is CCCCN1C(=O)C(c2ccc(C)cc2)=C(N(C)Cc2ccccc2)C1=O. The Labute approximate surface area is 161 Å². The first-order valence-corrected chi connectivity index (χ1v) is 9.45. The van der Waals surface area contributed by atoms with E-state index in [1.165, 1.54) is 4.90 Å². The van der Waals surface area contributed by atoms with Gasteiger partial charge in [0.15, 0.2) is 0 Å². The summed E-state index contributed by atoms with van der Waals surface area (Å²) >= 11 is 0. The Kier molecular flexibility index (Phi) is 5.75. The number of hydrogen-bond donors (Lipinski definition) is 0. The molecule has 2 aromatic carbocycles. The number of benzene rings is 2. The molecule has 27 heavy (non-hydrogen) atoms. The van der Waals surface area contributed by atoms with Gasteiger partial charge in [0.25, 0.3) is 11.8 Å². The zero-order chi connectivity index (χ0) is 19.4. The molecular weight excluding hydrogens is 336 g/mol. The number of aryl methyl sites for hydroxylation is 1. The first-order valence-electron chi connectivity index (χ1n) is 9.45. The Morgan fingerprint density at radius 3 is 2.22 bits per heavy atom. The van der Waals surface area contributed by atoms with Crippen molar-refractivity contribution in [2.24, 2.45) is 0 Å². The normalized spacial score (nSPS) is 14.3. The molecule has 0 saturated heterocycles. The molecule has 0 saturated carbocycles. The molecule has 0 fully saturated rings. The molecule has 0 atom stereocenters. The van der Waals surface area contributed by atoms with Gasteiger partial charge in [0.1, 0.15) is 5.70 Å². The van der Waals surface area contributed by atoms with E-state index < -0.39 is 0 Å². The van der Waals surface area contributed by atoms with Crippen molar-refractivity contribution >= 4 is 17.4 Å². The van der Waals surface area contributed by atoms with E-state index in [1.807, 2.05) is 73.5 Å². The molecule has 4 heteroatoms. The number of rotatable bonds is 7. The second-order valence-electron chi connectivity index (χ2n) is 7.05. The summed E-state index contributed by atoms with van der Waals surface area (Å²) < 4.78 is 0. The fraction of sp³-hybridized carbons (Fsp3) is 0.304. The quantitative estimate of drug-likeness (QED) is 0.699. The standard InChI is InChI=1S/C23H26N2O2/c1-4-5-15-25-22(26)20(19-13-11-17(2)12-14-19)21(23(25)27)24(3)16-18-9-7-6-8-10-18/h6-14H,4-5,15-16H2,1-3H3. The molecule has 2 amide bonds. The fourth-order valence-electron chi connectivity index (χ4n) is 3.35. The van der Waals surface area contributed by atoms with Gasteiger partial charge in [-0.05, 0) is 24.5 Å². The molecule has 4 nitrogen and oxygen atoms in total. The average Bonchev–Trinajstić information content (AvgIpc) is 2.92. The molecule has 0 N–H and O–H groups in total. The number of hydrogen-bond acceptors (Lipinski definition) is 3. The third-order valence-corrected chi connectivity index (χ3v) is 4.86. The van der Waals surface area contributed by atoms with Crippen molar-refractivity contribution in [2.45, 2.75) is 33.2 Å². The van der Waals surface area contributed by atoms with Crippen molar-refractivity contribution in [3.05, 3.63) is 77.0 Å². The van der Waals surface area contributed by atoms with Crippen LogP contribution in [-0.4, -0.2) is 35.2 Å². The summed E-state index contributed by atoms with van der Waals surface area (Å²) in [7, 11) is 1.88. The van der Waals surface area contributed by atoms with Crippen LogP contribution in [-0.2, 0) is 16.1 Å². The molecule has 1 aliphatic heterocycles. The third-order valence-electron chi connectivity index (χ3n) is 4.86. The van der Waals surface area contributed by atoms with Gasteiger partial charge < -0.3 is 4.90 Å². The lowest BCUT2D eigenvalue weighted by Gasteiger charge is -2.21. The van der Waals surface area contributed by atoms with Gasteiger partial charge in [-0.3, -0.25) is 14.5 Å². The van der Waals surface area contributed by atoms with E-state index in [1.54, 1.807) is 0 Å². The van der Waals surface area contributed by atoms with Gasteiger partial charge in [-0.25, -0.2) is 0 Å². The molecule has 140 valence electrons. The van der Waals surface area contributed by atoms with Crippen LogP contribution >= 0.6 is 0 Å². The maximum atomic E-state index is 13.1. The van der Waals surface area contributed by atoms with Crippen molar-refractivity contribution in [3.63, 3.8) is 0 Å². The summed E-state index contributed by atoms with van der Waals surface area (Å²) in [6.07, 6.45) is 1.75. The highest BCUT2D eigenvalue weighted by atomic mass is 16.2. The predicted molar refractivity (Wildman–Crippen MR) is 108 cm³/mol. The summed E-state index contributed by atoms with van der Waals surface area (Å²) in [4.78, 5) is 29.5. The van der Waals surface area contributed by atoms with Crippen LogP contribution in [0.5, 0.6) is 0 Å². The molecule has 0 spiro atoms. The van der Waals surface area contributed by atoms with E-state index in [9.17, 15) is 9.59 Å². The first-order chi connectivity index (χ1) is 13.0. The van der Waals surface area contributed by atoms with E-state index in [0.717, 1.165) is 29.5 Å². The van der Waals surface area contributed by atoms with Crippen molar-refractivity contribution in [2.75, 3.05) is 13.6 Å². The predicted octanol–water partition coefficient (Wildman–Crippen LogP) is 4.01. The van der Waals surface area contributed by atoms with E-state index in [4.69, 9.17) is 0 Å². The molecular formula is C23H26N2O2. The summed E-state index contributed by atoms with van der Waals surface area (Å²) in [5.41, 5.74) is 4.02. The second kappa shape index (κ2) is 8.21. The van der Waals surface area contributed by atoms with Crippen molar-refractivity contribution < 1.29 is 9.59 Å². The van der Waals surface area contributed by atoms with E-state index in [2.05, 4.69) is 6.92 Å². The molecule has 0 aliphatic carbocycles. The maximum Gasteiger partial charge on any atom is 0.277 e. The number of nitrogens with zero attached hydrogens (tertiary/aromatic N) is 2. The van der Waals surface area contributed by atoms with Gasteiger partial charge in [0.2, 0.25) is 0 Å². The average molecular weight is 362 g/mol. The van der Waals surface area contributed by atoms with Crippen LogP contribution in [0.3, 0.4) is 0 Å². The minimum atomic E-state index is -0.192. The summed E-state index contributed by atoms with van der Waals surface area (Å²) in [5.74, 6) is -0.380. The van der Waals surface area contributed by atoms with Crippen LogP contribution in [0.25, 0.3) is 5.57 Å². The van der Waals surface area contributed by atoms with E-state index in [0.29, 0.717) is 24.4 Å². The van der Waals surface area contributed by atoms with Crippen LogP contribution in [0.2, 0.25) is 0 Å². The highest BCUT2D eigenvalue weighted by molar-refractivity contribution is 6.35. The zero-order valence-corrected chi connectivity index (χ0v) is 16.2. The number of carbonyl (C=O) groups excluding carboxylic acids is 2. The van der Waals surface area contributed by atoms with Crippen LogP contribution in [0.4, 0.5) is 0 Å². The van der Waals surface area contributed by atoms with Gasteiger partial charge >= 0.3 is 0 Å². The lowest BCUT2D eigenvalue weighted by Crippen LogP contribution is -2.34.